The Labute approximate surface area is 210 Å². The van der Waals surface area contributed by atoms with Crippen molar-refractivity contribution in [1.29, 1.82) is 0 Å². The first kappa shape index (κ1) is 27.4. The second-order valence-electron chi connectivity index (χ2n) is 9.52. The third-order valence-electron chi connectivity index (χ3n) is 6.69. The number of piperazine rings is 1. The molecule has 1 fully saturated rings. The van der Waals surface area contributed by atoms with Gasteiger partial charge in [0.25, 0.3) is 0 Å². The molecule has 198 valence electrons. The van der Waals surface area contributed by atoms with E-state index in [2.05, 4.69) is 11.8 Å². The van der Waals surface area contributed by atoms with Crippen LogP contribution in [0.2, 0.25) is 0 Å². The van der Waals surface area contributed by atoms with Crippen molar-refractivity contribution < 1.29 is 28.9 Å². The summed E-state index contributed by atoms with van der Waals surface area (Å²) in [6, 6.07) is 0.994. The number of halogens is 1. The first-order valence-corrected chi connectivity index (χ1v) is 12.6. The highest BCUT2D eigenvalue weighted by Gasteiger charge is 2.30. The monoisotopic (exact) mass is 505 g/mol. The number of carboxylic acid groups (broad SMARTS) is 2. The van der Waals surface area contributed by atoms with Gasteiger partial charge in [-0.05, 0) is 26.5 Å². The first-order valence-electron chi connectivity index (χ1n) is 12.6. The van der Waals surface area contributed by atoms with Gasteiger partial charge in [-0.1, -0.05) is 32.6 Å². The Balaban J connectivity index is 0.000000308. The molecule has 2 N–H and O–H groups in total. The molecular weight excluding hydrogens is 469 g/mol. The molecule has 3 heterocycles. The van der Waals surface area contributed by atoms with Gasteiger partial charge in [0.05, 0.1) is 16.9 Å². The fraction of sp³-hybridized carbons (Fsp3) is 0.577. The minimum atomic E-state index is -1.32. The van der Waals surface area contributed by atoms with Crippen molar-refractivity contribution in [2.24, 2.45) is 0 Å². The SMILES string of the molecule is CCCCCCCC(=O)O.C[C@H]1COc2c(N3CCN(C)CC3)c(F)cc3c(=O)c(C(=O)O)cn1c23. The van der Waals surface area contributed by atoms with E-state index in [-0.39, 0.29) is 23.6 Å². The summed E-state index contributed by atoms with van der Waals surface area (Å²) in [5.41, 5.74) is -0.224. The number of hydrogen-bond acceptors (Lipinski definition) is 6. The summed E-state index contributed by atoms with van der Waals surface area (Å²) in [6.45, 7) is 7.23. The molecule has 2 aliphatic rings. The van der Waals surface area contributed by atoms with Crippen LogP contribution in [0.25, 0.3) is 10.9 Å². The fourth-order valence-corrected chi connectivity index (χ4v) is 4.57. The van der Waals surface area contributed by atoms with Gasteiger partial charge in [0.2, 0.25) is 5.43 Å². The van der Waals surface area contributed by atoms with E-state index in [0.717, 1.165) is 32.0 Å². The average molecular weight is 506 g/mol. The normalized spacial score (nSPS) is 17.3. The maximum atomic E-state index is 15.0. The summed E-state index contributed by atoms with van der Waals surface area (Å²) < 4.78 is 22.6. The van der Waals surface area contributed by atoms with Gasteiger partial charge in [0, 0.05) is 38.8 Å². The summed E-state index contributed by atoms with van der Waals surface area (Å²) in [6.07, 6.45) is 7.23. The zero-order valence-corrected chi connectivity index (χ0v) is 21.3. The van der Waals surface area contributed by atoms with E-state index in [4.69, 9.17) is 9.84 Å². The van der Waals surface area contributed by atoms with Gasteiger partial charge in [-0.2, -0.15) is 0 Å². The predicted molar refractivity (Wildman–Crippen MR) is 136 cm³/mol. The van der Waals surface area contributed by atoms with Crippen molar-refractivity contribution in [1.82, 2.24) is 9.47 Å². The molecule has 36 heavy (non-hydrogen) atoms. The van der Waals surface area contributed by atoms with Crippen LogP contribution < -0.4 is 15.1 Å². The zero-order valence-electron chi connectivity index (χ0n) is 21.3. The van der Waals surface area contributed by atoms with E-state index in [0.29, 0.717) is 36.5 Å². The first-order chi connectivity index (χ1) is 17.1. The largest absolute Gasteiger partial charge is 0.487 e. The molecule has 4 rings (SSSR count). The number of unbranched alkanes of at least 4 members (excludes halogenated alkanes) is 4. The quantitative estimate of drug-likeness (QED) is 0.518. The number of ether oxygens (including phenoxy) is 1. The van der Waals surface area contributed by atoms with Gasteiger partial charge in [-0.3, -0.25) is 9.59 Å². The second kappa shape index (κ2) is 12.2. The molecule has 10 heteroatoms. The van der Waals surface area contributed by atoms with E-state index in [9.17, 15) is 23.9 Å². The number of hydrogen-bond donors (Lipinski definition) is 2. The van der Waals surface area contributed by atoms with Crippen LogP contribution in [0.1, 0.15) is 68.8 Å². The van der Waals surface area contributed by atoms with Gasteiger partial charge in [0.15, 0.2) is 11.6 Å². The minimum absolute atomic E-state index is 0.0434. The highest BCUT2D eigenvalue weighted by molar-refractivity contribution is 5.97. The number of carbonyl (C=O) groups is 2. The molecule has 1 atom stereocenters. The average Bonchev–Trinajstić information content (AvgIpc) is 2.83. The molecular formula is C26H36FN3O6. The van der Waals surface area contributed by atoms with E-state index < -0.39 is 23.2 Å². The highest BCUT2D eigenvalue weighted by Crippen LogP contribution is 2.42. The van der Waals surface area contributed by atoms with Crippen LogP contribution in [-0.4, -0.2) is 71.5 Å². The Kier molecular flexibility index (Phi) is 9.31. The van der Waals surface area contributed by atoms with E-state index in [1.165, 1.54) is 25.5 Å². The van der Waals surface area contributed by atoms with Gasteiger partial charge in [-0.25, -0.2) is 9.18 Å². The maximum absolute atomic E-state index is 15.0. The number of rotatable bonds is 8. The van der Waals surface area contributed by atoms with E-state index in [1.54, 1.807) is 4.57 Å². The van der Waals surface area contributed by atoms with Gasteiger partial charge < -0.3 is 29.3 Å². The topological polar surface area (TPSA) is 112 Å². The number of likely N-dealkylation sites (N-methyl/N-ethyl adjacent to an activating group) is 1. The van der Waals surface area contributed by atoms with Crippen molar-refractivity contribution >= 4 is 28.5 Å². The predicted octanol–water partition coefficient (Wildman–Crippen LogP) is 3.98. The number of carboxylic acids is 2. The molecule has 1 aromatic carbocycles. The molecule has 2 aliphatic heterocycles. The van der Waals surface area contributed by atoms with Crippen molar-refractivity contribution in [2.45, 2.75) is 58.4 Å². The molecule has 0 aliphatic carbocycles. The van der Waals surface area contributed by atoms with Crippen LogP contribution in [0.5, 0.6) is 5.75 Å². The number of aromatic carboxylic acids is 1. The van der Waals surface area contributed by atoms with Crippen LogP contribution in [-0.2, 0) is 4.79 Å². The number of aromatic nitrogens is 1. The van der Waals surface area contributed by atoms with Crippen LogP contribution in [0.15, 0.2) is 17.1 Å². The summed E-state index contributed by atoms with van der Waals surface area (Å²) in [5, 5.41) is 17.6. The van der Waals surface area contributed by atoms with Crippen molar-refractivity contribution in [3.05, 3.63) is 33.9 Å². The summed E-state index contributed by atoms with van der Waals surface area (Å²) in [7, 11) is 2.02. The van der Waals surface area contributed by atoms with Crippen molar-refractivity contribution in [2.75, 3.05) is 44.7 Å². The van der Waals surface area contributed by atoms with Crippen LogP contribution in [0.3, 0.4) is 0 Å². The third-order valence-corrected chi connectivity index (χ3v) is 6.69. The molecule has 1 saturated heterocycles. The van der Waals surface area contributed by atoms with Crippen LogP contribution in [0, 0.1) is 5.82 Å². The number of anilines is 1. The van der Waals surface area contributed by atoms with Gasteiger partial charge in [-0.15, -0.1) is 0 Å². The molecule has 0 bridgehead atoms. The van der Waals surface area contributed by atoms with Gasteiger partial charge >= 0.3 is 11.9 Å². The lowest BCUT2D eigenvalue weighted by atomic mass is 10.1. The maximum Gasteiger partial charge on any atom is 0.341 e. The Bertz CT molecular complexity index is 1160. The Morgan fingerprint density at radius 3 is 2.39 bits per heavy atom. The minimum Gasteiger partial charge on any atom is -0.487 e. The van der Waals surface area contributed by atoms with E-state index >= 15 is 0 Å². The lowest BCUT2D eigenvalue weighted by molar-refractivity contribution is -0.137. The number of nitrogens with zero attached hydrogens (tertiary/aromatic N) is 3. The smallest absolute Gasteiger partial charge is 0.341 e. The Morgan fingerprint density at radius 2 is 1.78 bits per heavy atom. The summed E-state index contributed by atoms with van der Waals surface area (Å²) in [5.74, 6) is -2.21. The zero-order chi connectivity index (χ0) is 26.4. The molecule has 9 nitrogen and oxygen atoms in total. The highest BCUT2D eigenvalue weighted by atomic mass is 19.1. The van der Waals surface area contributed by atoms with Crippen molar-refractivity contribution in [3.8, 4) is 5.75 Å². The summed E-state index contributed by atoms with van der Waals surface area (Å²) in [4.78, 5) is 38.1. The van der Waals surface area contributed by atoms with Crippen LogP contribution in [0.4, 0.5) is 10.1 Å². The molecule has 0 spiro atoms. The fourth-order valence-electron chi connectivity index (χ4n) is 4.57. The molecule has 2 aromatic rings. The molecule has 0 saturated carbocycles. The second-order valence-corrected chi connectivity index (χ2v) is 9.52. The lowest BCUT2D eigenvalue weighted by Gasteiger charge is -2.37. The van der Waals surface area contributed by atoms with Crippen molar-refractivity contribution in [3.63, 3.8) is 0 Å². The van der Waals surface area contributed by atoms with Gasteiger partial charge in [0.1, 0.15) is 17.9 Å². The number of pyridine rings is 1. The number of benzene rings is 1. The standard InChI is InChI=1S/C18H20FN3O4.C8H16O2/c1-10-9-26-17-14-11(16(23)12(18(24)25)8-22(10)14)7-13(19)15(17)21-5-3-20(2)4-6-21;1-2-3-4-5-6-7-8(9)10/h7-8,10H,3-6,9H2,1-2H3,(H,24,25);2-7H2,1H3,(H,9,10)/t10-;/m0./s1. The molecule has 0 amide bonds. The summed E-state index contributed by atoms with van der Waals surface area (Å²) >= 11 is 0. The lowest BCUT2D eigenvalue weighted by Crippen LogP contribution is -2.45. The number of aliphatic carboxylic acids is 1. The Hall–Kier alpha value is -3.14. The molecule has 0 radical (unpaired) electrons. The molecule has 1 aromatic heterocycles. The Morgan fingerprint density at radius 1 is 1.11 bits per heavy atom. The third kappa shape index (κ3) is 6.16. The van der Waals surface area contributed by atoms with Crippen LogP contribution >= 0.6 is 0 Å². The van der Waals surface area contributed by atoms with E-state index in [1.807, 2.05) is 18.9 Å². The molecule has 0 unspecified atom stereocenters.